The normalized spacial score (nSPS) is 12.8. The molecule has 0 saturated carbocycles. The molecular weight excluding hydrogens is 416 g/mol. The summed E-state index contributed by atoms with van der Waals surface area (Å²) < 4.78 is 17.9. The topological polar surface area (TPSA) is 92.3 Å². The van der Waals surface area contributed by atoms with Crippen LogP contribution in [0.25, 0.3) is 22.3 Å². The lowest BCUT2D eigenvalue weighted by Crippen LogP contribution is -2.25. The van der Waals surface area contributed by atoms with E-state index in [9.17, 15) is 4.79 Å². The van der Waals surface area contributed by atoms with Crippen molar-refractivity contribution < 1.29 is 14.0 Å². The van der Waals surface area contributed by atoms with Crippen molar-refractivity contribution in [2.75, 3.05) is 6.79 Å². The molecular formula is C22H20N4O4S. The highest BCUT2D eigenvalue weighted by Crippen LogP contribution is 2.35. The highest BCUT2D eigenvalue weighted by Gasteiger charge is 2.20. The van der Waals surface area contributed by atoms with Gasteiger partial charge in [0, 0.05) is 17.7 Å². The number of aryl methyl sites for hydroxylation is 1. The van der Waals surface area contributed by atoms with Gasteiger partial charge in [0.2, 0.25) is 18.5 Å². The van der Waals surface area contributed by atoms with Gasteiger partial charge in [-0.1, -0.05) is 46.7 Å². The first kappa shape index (κ1) is 19.6. The van der Waals surface area contributed by atoms with Gasteiger partial charge in [0.1, 0.15) is 0 Å². The van der Waals surface area contributed by atoms with Gasteiger partial charge in [-0.2, -0.15) is 4.98 Å². The second-order valence-electron chi connectivity index (χ2n) is 7.55. The zero-order valence-corrected chi connectivity index (χ0v) is 18.1. The van der Waals surface area contributed by atoms with Gasteiger partial charge in [-0.25, -0.2) is 4.98 Å². The van der Waals surface area contributed by atoms with Crippen LogP contribution in [0.5, 0.6) is 11.5 Å². The number of aromatic nitrogens is 4. The molecule has 0 radical (unpaired) electrons. The molecule has 9 heteroatoms. The van der Waals surface area contributed by atoms with E-state index in [1.54, 1.807) is 16.7 Å². The van der Waals surface area contributed by atoms with Gasteiger partial charge in [0.25, 0.3) is 5.56 Å². The molecule has 1 aliphatic rings. The predicted octanol–water partition coefficient (Wildman–Crippen LogP) is 4.36. The fourth-order valence-corrected chi connectivity index (χ4v) is 4.35. The Morgan fingerprint density at radius 1 is 1.10 bits per heavy atom. The molecule has 5 rings (SSSR count). The third-order valence-electron chi connectivity index (χ3n) is 4.98. The van der Waals surface area contributed by atoms with Crippen LogP contribution < -0.4 is 15.0 Å². The Balaban J connectivity index is 1.46. The number of hydrogen-bond acceptors (Lipinski definition) is 8. The molecule has 2 aromatic heterocycles. The Labute approximate surface area is 182 Å². The lowest BCUT2D eigenvalue weighted by molar-refractivity contribution is 0.174. The van der Waals surface area contributed by atoms with Gasteiger partial charge < -0.3 is 14.0 Å². The lowest BCUT2D eigenvalue weighted by atomic mass is 10.1. The average molecular weight is 436 g/mol. The van der Waals surface area contributed by atoms with E-state index in [0.717, 1.165) is 5.56 Å². The number of nitrogens with zero attached hydrogens (tertiary/aromatic N) is 4. The summed E-state index contributed by atoms with van der Waals surface area (Å²) in [5, 5.41) is 5.16. The van der Waals surface area contributed by atoms with Gasteiger partial charge in [0.05, 0.1) is 16.7 Å². The molecule has 8 nitrogen and oxygen atoms in total. The SMILES string of the molecule is Cc1ccc(-c2noc(CSc3nc4cc5c(cc4c(=O)n3C(C)C)OCO5)n2)cc1. The van der Waals surface area contributed by atoms with Crippen LogP contribution >= 0.6 is 11.8 Å². The molecule has 2 aromatic carbocycles. The second-order valence-corrected chi connectivity index (χ2v) is 8.49. The Hall–Kier alpha value is -3.33. The highest BCUT2D eigenvalue weighted by molar-refractivity contribution is 7.98. The van der Waals surface area contributed by atoms with Crippen molar-refractivity contribution in [3.63, 3.8) is 0 Å². The summed E-state index contributed by atoms with van der Waals surface area (Å²) in [5.74, 6) is 2.56. The Bertz CT molecular complexity index is 1330. The third-order valence-corrected chi connectivity index (χ3v) is 5.92. The van der Waals surface area contributed by atoms with Gasteiger partial charge in [-0.05, 0) is 26.8 Å². The van der Waals surface area contributed by atoms with E-state index in [1.165, 1.54) is 17.3 Å². The fourth-order valence-electron chi connectivity index (χ4n) is 3.39. The third kappa shape index (κ3) is 3.65. The van der Waals surface area contributed by atoms with Crippen molar-refractivity contribution in [2.24, 2.45) is 0 Å². The molecule has 0 spiro atoms. The van der Waals surface area contributed by atoms with E-state index in [2.05, 4.69) is 10.1 Å². The minimum absolute atomic E-state index is 0.0665. The molecule has 0 unspecified atom stereocenters. The van der Waals surface area contributed by atoms with E-state index in [-0.39, 0.29) is 18.4 Å². The Kier molecular flexibility index (Phi) is 4.90. The van der Waals surface area contributed by atoms with Crippen LogP contribution in [-0.4, -0.2) is 26.5 Å². The van der Waals surface area contributed by atoms with Crippen LogP contribution in [0.15, 0.2) is 50.9 Å². The molecule has 3 heterocycles. The van der Waals surface area contributed by atoms with Crippen molar-refractivity contribution in [3.8, 4) is 22.9 Å². The maximum atomic E-state index is 13.2. The molecule has 0 aliphatic carbocycles. The van der Waals surface area contributed by atoms with Gasteiger partial charge >= 0.3 is 0 Å². The van der Waals surface area contributed by atoms with Gasteiger partial charge in [-0.15, -0.1) is 0 Å². The summed E-state index contributed by atoms with van der Waals surface area (Å²) in [6.45, 7) is 6.08. The first-order valence-electron chi connectivity index (χ1n) is 9.88. The van der Waals surface area contributed by atoms with Crippen molar-refractivity contribution >= 4 is 22.7 Å². The first-order valence-corrected chi connectivity index (χ1v) is 10.9. The highest BCUT2D eigenvalue weighted by atomic mass is 32.2. The number of benzene rings is 2. The molecule has 0 bridgehead atoms. The molecule has 0 atom stereocenters. The maximum Gasteiger partial charge on any atom is 0.262 e. The molecule has 31 heavy (non-hydrogen) atoms. The standard InChI is InChI=1S/C22H20N4O4S/c1-12(2)26-21(27)15-8-17-18(29-11-28-17)9-16(15)23-22(26)31-10-19-24-20(25-30-19)14-6-4-13(3)5-7-14/h4-9,12H,10-11H2,1-3H3. The minimum atomic E-state index is -0.119. The summed E-state index contributed by atoms with van der Waals surface area (Å²) in [5.41, 5.74) is 2.51. The van der Waals surface area contributed by atoms with Crippen molar-refractivity contribution in [1.82, 2.24) is 19.7 Å². The monoisotopic (exact) mass is 436 g/mol. The molecule has 0 fully saturated rings. The van der Waals surface area contributed by atoms with Crippen LogP contribution in [0.2, 0.25) is 0 Å². The second kappa shape index (κ2) is 7.73. The fraction of sp³-hybridized carbons (Fsp3) is 0.273. The summed E-state index contributed by atoms with van der Waals surface area (Å²) in [4.78, 5) is 22.4. The molecule has 0 saturated heterocycles. The summed E-state index contributed by atoms with van der Waals surface area (Å²) in [6.07, 6.45) is 0. The van der Waals surface area contributed by atoms with E-state index in [1.807, 2.05) is 45.0 Å². The zero-order chi connectivity index (χ0) is 21.5. The Morgan fingerprint density at radius 3 is 2.58 bits per heavy atom. The first-order chi connectivity index (χ1) is 15.0. The number of ether oxygens (including phenoxy) is 2. The molecule has 158 valence electrons. The van der Waals surface area contributed by atoms with E-state index < -0.39 is 0 Å². The number of thioether (sulfide) groups is 1. The van der Waals surface area contributed by atoms with Crippen LogP contribution in [0.1, 0.15) is 31.3 Å². The van der Waals surface area contributed by atoms with Crippen molar-refractivity contribution in [2.45, 2.75) is 37.7 Å². The average Bonchev–Trinajstić information content (AvgIpc) is 3.40. The largest absolute Gasteiger partial charge is 0.454 e. The molecule has 4 aromatic rings. The van der Waals surface area contributed by atoms with E-state index in [4.69, 9.17) is 19.0 Å². The number of hydrogen-bond donors (Lipinski definition) is 0. The minimum Gasteiger partial charge on any atom is -0.454 e. The van der Waals surface area contributed by atoms with Crippen LogP contribution in [0.3, 0.4) is 0 Å². The Morgan fingerprint density at radius 2 is 1.84 bits per heavy atom. The summed E-state index contributed by atoms with van der Waals surface area (Å²) in [7, 11) is 0. The van der Waals surface area contributed by atoms with Gasteiger partial charge in [-0.3, -0.25) is 9.36 Å². The van der Waals surface area contributed by atoms with Crippen molar-refractivity contribution in [3.05, 3.63) is 58.2 Å². The van der Waals surface area contributed by atoms with Gasteiger partial charge in [0.15, 0.2) is 16.7 Å². The summed E-state index contributed by atoms with van der Waals surface area (Å²) in [6, 6.07) is 11.3. The van der Waals surface area contributed by atoms with Crippen molar-refractivity contribution in [1.29, 1.82) is 0 Å². The molecule has 0 amide bonds. The number of rotatable bonds is 5. The van der Waals surface area contributed by atoms with Crippen LogP contribution in [0, 0.1) is 6.92 Å². The van der Waals surface area contributed by atoms with E-state index in [0.29, 0.717) is 45.0 Å². The molecule has 0 N–H and O–H groups in total. The smallest absolute Gasteiger partial charge is 0.262 e. The number of fused-ring (bicyclic) bond motifs is 2. The quantitative estimate of drug-likeness (QED) is 0.337. The molecule has 1 aliphatic heterocycles. The predicted molar refractivity (Wildman–Crippen MR) is 117 cm³/mol. The lowest BCUT2D eigenvalue weighted by Gasteiger charge is -2.15. The van der Waals surface area contributed by atoms with Crippen LogP contribution in [0.4, 0.5) is 0 Å². The van der Waals surface area contributed by atoms with E-state index >= 15 is 0 Å². The summed E-state index contributed by atoms with van der Waals surface area (Å²) >= 11 is 1.39. The van der Waals surface area contributed by atoms with Crippen LogP contribution in [-0.2, 0) is 5.75 Å². The maximum absolute atomic E-state index is 13.2. The zero-order valence-electron chi connectivity index (χ0n) is 17.3.